The Hall–Kier alpha value is -2.99. The van der Waals surface area contributed by atoms with E-state index in [9.17, 15) is 9.59 Å². The summed E-state index contributed by atoms with van der Waals surface area (Å²) >= 11 is 1.46. The Morgan fingerprint density at radius 2 is 1.67 bits per heavy atom. The van der Waals surface area contributed by atoms with E-state index in [1.807, 2.05) is 48.5 Å². The van der Waals surface area contributed by atoms with Crippen LogP contribution in [0.15, 0.2) is 60.7 Å². The standard InChI is InChI=1S/C21H19N3O2S/c25-19(14-8-3-1-4-9-14)24-21-23-18-16(12-7-13-17(18)27-21)20(26)22-15-10-5-2-6-11-15/h1-6,8-11,16H,7,12-13H2,(H,22,26)(H,23,24,25). The van der Waals surface area contributed by atoms with Crippen molar-refractivity contribution in [3.05, 3.63) is 76.8 Å². The zero-order chi connectivity index (χ0) is 18.6. The van der Waals surface area contributed by atoms with Crippen LogP contribution in [0.25, 0.3) is 0 Å². The van der Waals surface area contributed by atoms with Crippen molar-refractivity contribution < 1.29 is 9.59 Å². The number of rotatable bonds is 4. The van der Waals surface area contributed by atoms with Gasteiger partial charge in [0.05, 0.1) is 11.6 Å². The van der Waals surface area contributed by atoms with E-state index in [4.69, 9.17) is 0 Å². The van der Waals surface area contributed by atoms with Crippen molar-refractivity contribution in [1.82, 2.24) is 4.98 Å². The largest absolute Gasteiger partial charge is 0.326 e. The molecule has 136 valence electrons. The van der Waals surface area contributed by atoms with Crippen LogP contribution in [0.2, 0.25) is 0 Å². The first kappa shape index (κ1) is 17.4. The average Bonchev–Trinajstić information content (AvgIpc) is 3.11. The van der Waals surface area contributed by atoms with Crippen molar-refractivity contribution in [2.45, 2.75) is 25.2 Å². The van der Waals surface area contributed by atoms with Gasteiger partial charge in [-0.05, 0) is 43.5 Å². The molecule has 2 aromatic carbocycles. The minimum Gasteiger partial charge on any atom is -0.326 e. The number of aryl methyl sites for hydroxylation is 1. The Labute approximate surface area is 161 Å². The summed E-state index contributed by atoms with van der Waals surface area (Å²) in [5.74, 6) is -0.520. The Bertz CT molecular complexity index is 954. The van der Waals surface area contributed by atoms with Gasteiger partial charge in [-0.3, -0.25) is 14.9 Å². The molecular weight excluding hydrogens is 358 g/mol. The van der Waals surface area contributed by atoms with Crippen molar-refractivity contribution in [3.8, 4) is 0 Å². The molecule has 0 fully saturated rings. The monoisotopic (exact) mass is 377 g/mol. The van der Waals surface area contributed by atoms with E-state index >= 15 is 0 Å². The van der Waals surface area contributed by atoms with Gasteiger partial charge in [-0.15, -0.1) is 11.3 Å². The molecule has 4 rings (SSSR count). The van der Waals surface area contributed by atoms with Crippen molar-refractivity contribution in [3.63, 3.8) is 0 Å². The number of thiazole rings is 1. The van der Waals surface area contributed by atoms with Crippen LogP contribution in [0.5, 0.6) is 0 Å². The molecule has 1 heterocycles. The summed E-state index contributed by atoms with van der Waals surface area (Å²) in [5, 5.41) is 6.38. The number of aromatic nitrogens is 1. The van der Waals surface area contributed by atoms with E-state index in [2.05, 4.69) is 15.6 Å². The van der Waals surface area contributed by atoms with Gasteiger partial charge < -0.3 is 5.32 Å². The van der Waals surface area contributed by atoms with Crippen molar-refractivity contribution in [2.75, 3.05) is 10.6 Å². The Morgan fingerprint density at radius 1 is 0.963 bits per heavy atom. The maximum Gasteiger partial charge on any atom is 0.257 e. The third-order valence-electron chi connectivity index (χ3n) is 4.57. The highest BCUT2D eigenvalue weighted by Gasteiger charge is 2.30. The predicted molar refractivity (Wildman–Crippen MR) is 107 cm³/mol. The second kappa shape index (κ2) is 7.72. The molecule has 0 spiro atoms. The first-order valence-electron chi connectivity index (χ1n) is 8.92. The highest BCUT2D eigenvalue weighted by atomic mass is 32.1. The highest BCUT2D eigenvalue weighted by Crippen LogP contribution is 2.37. The molecule has 0 saturated carbocycles. The molecule has 0 bridgehead atoms. The summed E-state index contributed by atoms with van der Waals surface area (Å²) in [6.45, 7) is 0. The molecule has 5 nitrogen and oxygen atoms in total. The highest BCUT2D eigenvalue weighted by molar-refractivity contribution is 7.16. The molecule has 0 aliphatic heterocycles. The van der Waals surface area contributed by atoms with Crippen molar-refractivity contribution >= 4 is 34.0 Å². The van der Waals surface area contributed by atoms with Gasteiger partial charge in [0.25, 0.3) is 5.91 Å². The summed E-state index contributed by atoms with van der Waals surface area (Å²) < 4.78 is 0. The maximum absolute atomic E-state index is 12.7. The van der Waals surface area contributed by atoms with Gasteiger partial charge in [-0.25, -0.2) is 4.98 Å². The molecule has 6 heteroatoms. The second-order valence-electron chi connectivity index (χ2n) is 6.45. The van der Waals surface area contributed by atoms with Gasteiger partial charge in [-0.2, -0.15) is 0 Å². The van der Waals surface area contributed by atoms with E-state index in [1.165, 1.54) is 11.3 Å². The SMILES string of the molecule is O=C(Nc1nc2c(s1)CCCC2C(=O)Nc1ccccc1)c1ccccc1. The summed E-state index contributed by atoms with van der Waals surface area (Å²) in [4.78, 5) is 30.8. The van der Waals surface area contributed by atoms with Crippen LogP contribution in [0.1, 0.15) is 39.7 Å². The van der Waals surface area contributed by atoms with Gasteiger partial charge in [0.1, 0.15) is 0 Å². The Balaban J connectivity index is 1.51. The van der Waals surface area contributed by atoms with Crippen LogP contribution in [-0.2, 0) is 11.2 Å². The molecule has 0 radical (unpaired) electrons. The fourth-order valence-electron chi connectivity index (χ4n) is 3.24. The molecule has 27 heavy (non-hydrogen) atoms. The molecule has 2 N–H and O–H groups in total. The Morgan fingerprint density at radius 3 is 2.41 bits per heavy atom. The lowest BCUT2D eigenvalue weighted by Gasteiger charge is -2.20. The fourth-order valence-corrected chi connectivity index (χ4v) is 4.30. The van der Waals surface area contributed by atoms with Gasteiger partial charge in [0.2, 0.25) is 5.91 Å². The topological polar surface area (TPSA) is 71.1 Å². The van der Waals surface area contributed by atoms with Gasteiger partial charge in [0, 0.05) is 16.1 Å². The van der Waals surface area contributed by atoms with E-state index in [0.29, 0.717) is 10.7 Å². The van der Waals surface area contributed by atoms with Crippen LogP contribution in [0, 0.1) is 0 Å². The molecule has 0 saturated heterocycles. The van der Waals surface area contributed by atoms with Crippen LogP contribution in [-0.4, -0.2) is 16.8 Å². The number of hydrogen-bond acceptors (Lipinski definition) is 4. The minimum atomic E-state index is -0.285. The molecule has 1 aliphatic rings. The third kappa shape index (κ3) is 3.90. The number of fused-ring (bicyclic) bond motifs is 1. The van der Waals surface area contributed by atoms with Crippen LogP contribution >= 0.6 is 11.3 Å². The van der Waals surface area contributed by atoms with E-state index in [-0.39, 0.29) is 17.7 Å². The van der Waals surface area contributed by atoms with Gasteiger partial charge in [0.15, 0.2) is 5.13 Å². The molecule has 1 aromatic heterocycles. The van der Waals surface area contributed by atoms with E-state index in [0.717, 1.165) is 35.5 Å². The average molecular weight is 377 g/mol. The molecule has 1 unspecified atom stereocenters. The molecule has 2 amide bonds. The Kier molecular flexibility index (Phi) is 4.98. The van der Waals surface area contributed by atoms with Crippen molar-refractivity contribution in [2.24, 2.45) is 0 Å². The summed E-state index contributed by atoms with van der Waals surface area (Å²) in [5.41, 5.74) is 2.16. The smallest absolute Gasteiger partial charge is 0.257 e. The van der Waals surface area contributed by atoms with Gasteiger partial charge >= 0.3 is 0 Å². The number of hydrogen-bond donors (Lipinski definition) is 2. The molecular formula is C21H19N3O2S. The number of benzene rings is 2. The van der Waals surface area contributed by atoms with Crippen LogP contribution in [0.3, 0.4) is 0 Å². The zero-order valence-corrected chi connectivity index (χ0v) is 15.5. The minimum absolute atomic E-state index is 0.0478. The lowest BCUT2D eigenvalue weighted by molar-refractivity contribution is -0.117. The lowest BCUT2D eigenvalue weighted by atomic mass is 9.90. The first-order chi connectivity index (χ1) is 13.2. The second-order valence-corrected chi connectivity index (χ2v) is 7.53. The van der Waals surface area contributed by atoms with Crippen molar-refractivity contribution in [1.29, 1.82) is 0 Å². The van der Waals surface area contributed by atoms with Crippen LogP contribution in [0.4, 0.5) is 10.8 Å². The van der Waals surface area contributed by atoms with E-state index < -0.39 is 0 Å². The molecule has 3 aromatic rings. The number of carbonyl (C=O) groups is 2. The zero-order valence-electron chi connectivity index (χ0n) is 14.6. The predicted octanol–water partition coefficient (Wildman–Crippen LogP) is 4.45. The lowest BCUT2D eigenvalue weighted by Crippen LogP contribution is -2.24. The molecule has 1 aliphatic carbocycles. The number of carbonyl (C=O) groups excluding carboxylic acids is 2. The molecule has 1 atom stereocenters. The number of nitrogens with zero attached hydrogens (tertiary/aromatic N) is 1. The number of anilines is 2. The number of nitrogens with one attached hydrogen (secondary N) is 2. The van der Waals surface area contributed by atoms with E-state index in [1.54, 1.807) is 12.1 Å². The number of para-hydroxylation sites is 1. The van der Waals surface area contributed by atoms with Crippen LogP contribution < -0.4 is 10.6 Å². The summed E-state index contributed by atoms with van der Waals surface area (Å²) in [6, 6.07) is 18.5. The first-order valence-corrected chi connectivity index (χ1v) is 9.74. The third-order valence-corrected chi connectivity index (χ3v) is 5.61. The summed E-state index contributed by atoms with van der Waals surface area (Å²) in [6.07, 6.45) is 2.60. The normalized spacial score (nSPS) is 15.6. The number of amides is 2. The maximum atomic E-state index is 12.7. The fraction of sp³-hybridized carbons (Fsp3) is 0.190. The van der Waals surface area contributed by atoms with Gasteiger partial charge in [-0.1, -0.05) is 36.4 Å². The summed E-state index contributed by atoms with van der Waals surface area (Å²) in [7, 11) is 0. The quantitative estimate of drug-likeness (QED) is 0.705.